The van der Waals surface area contributed by atoms with Crippen LogP contribution in [0.1, 0.15) is 58.4 Å². The van der Waals surface area contributed by atoms with E-state index in [0.29, 0.717) is 33.6 Å². The molecule has 4 aromatic rings. The number of pyridine rings is 1. The Hall–Kier alpha value is -4.41. The van der Waals surface area contributed by atoms with Crippen LogP contribution in [0.5, 0.6) is 5.88 Å². The fourth-order valence-corrected chi connectivity index (χ4v) is 6.46. The molecular formula is C33H31F4N3O4. The van der Waals surface area contributed by atoms with Crippen molar-refractivity contribution in [1.29, 1.82) is 0 Å². The summed E-state index contributed by atoms with van der Waals surface area (Å²) >= 11 is 0. The van der Waals surface area contributed by atoms with E-state index < -0.39 is 24.3 Å². The van der Waals surface area contributed by atoms with E-state index in [0.717, 1.165) is 31.6 Å². The Bertz CT molecular complexity index is 1720. The second-order valence-electron chi connectivity index (χ2n) is 11.5. The number of fused-ring (bicyclic) bond motifs is 3. The van der Waals surface area contributed by atoms with Gasteiger partial charge >= 0.3 is 6.18 Å². The molecule has 11 heteroatoms. The summed E-state index contributed by atoms with van der Waals surface area (Å²) < 4.78 is 65.3. The van der Waals surface area contributed by atoms with Crippen molar-refractivity contribution < 1.29 is 36.3 Å². The maximum absolute atomic E-state index is 13.7. The van der Waals surface area contributed by atoms with Crippen LogP contribution in [0.2, 0.25) is 0 Å². The van der Waals surface area contributed by atoms with Gasteiger partial charge in [0.05, 0.1) is 12.7 Å². The fraction of sp³-hybridized carbons (Fsp3) is 0.364. The number of halogens is 4. The number of hydrogen-bond donors (Lipinski definition) is 2. The zero-order valence-electron chi connectivity index (χ0n) is 24.2. The first-order valence-corrected chi connectivity index (χ1v) is 14.5. The number of furan rings is 1. The molecule has 0 saturated heterocycles. The number of aromatic nitrogens is 1. The Balaban J connectivity index is 1.47. The monoisotopic (exact) mass is 609 g/mol. The topological polar surface area (TPSA) is 93.5 Å². The molecule has 3 saturated carbocycles. The van der Waals surface area contributed by atoms with Crippen LogP contribution in [0.4, 0.5) is 17.6 Å². The highest BCUT2D eigenvalue weighted by atomic mass is 19.4. The number of hydrogen-bond acceptors (Lipinski definition) is 5. The lowest BCUT2D eigenvalue weighted by atomic mass is 9.63. The van der Waals surface area contributed by atoms with Crippen molar-refractivity contribution in [3.63, 3.8) is 0 Å². The molecule has 2 N–H and O–H groups in total. The van der Waals surface area contributed by atoms with Gasteiger partial charge < -0.3 is 19.8 Å². The van der Waals surface area contributed by atoms with Crippen molar-refractivity contribution in [3.05, 3.63) is 71.2 Å². The van der Waals surface area contributed by atoms with Gasteiger partial charge in [0.2, 0.25) is 5.88 Å². The van der Waals surface area contributed by atoms with E-state index >= 15 is 0 Å². The first kappa shape index (κ1) is 29.7. The zero-order valence-corrected chi connectivity index (χ0v) is 24.2. The lowest BCUT2D eigenvalue weighted by molar-refractivity contribution is -0.133. The van der Waals surface area contributed by atoms with Gasteiger partial charge in [0, 0.05) is 42.2 Å². The summed E-state index contributed by atoms with van der Waals surface area (Å²) in [4.78, 5) is 30.9. The summed E-state index contributed by atoms with van der Waals surface area (Å²) in [6, 6.07) is 10.0. The minimum atomic E-state index is -4.42. The molecule has 7 nitrogen and oxygen atoms in total. The predicted molar refractivity (Wildman–Crippen MR) is 156 cm³/mol. The molecule has 0 spiro atoms. The molecule has 3 fully saturated rings. The van der Waals surface area contributed by atoms with Crippen LogP contribution in [-0.2, 0) is 6.42 Å². The third-order valence-electron chi connectivity index (χ3n) is 8.80. The van der Waals surface area contributed by atoms with Crippen molar-refractivity contribution in [1.82, 2.24) is 15.6 Å². The van der Waals surface area contributed by atoms with Crippen molar-refractivity contribution in [2.75, 3.05) is 14.2 Å². The highest BCUT2D eigenvalue weighted by Gasteiger charge is 2.40. The van der Waals surface area contributed by atoms with Gasteiger partial charge in [-0.25, -0.2) is 9.37 Å². The van der Waals surface area contributed by atoms with Crippen molar-refractivity contribution in [2.45, 2.75) is 50.7 Å². The molecule has 2 amide bonds. The van der Waals surface area contributed by atoms with Gasteiger partial charge in [0.25, 0.3) is 11.8 Å². The quantitative estimate of drug-likeness (QED) is 0.208. The van der Waals surface area contributed by atoms with Crippen LogP contribution in [0.3, 0.4) is 0 Å². The summed E-state index contributed by atoms with van der Waals surface area (Å²) in [5, 5.41) is 6.05. The predicted octanol–water partition coefficient (Wildman–Crippen LogP) is 7.08. The molecule has 3 aliphatic carbocycles. The Morgan fingerprint density at radius 1 is 1.05 bits per heavy atom. The number of ether oxygens (including phenoxy) is 1. The van der Waals surface area contributed by atoms with Gasteiger partial charge in [-0.3, -0.25) is 9.59 Å². The SMILES string of the molecule is CNC(=O)c1c(-c2ccc(F)cc2)oc2cc(CCC(F)(F)F)c(-c3cnc(OC)c(C(=O)N[C@H]4CCC5CC4C5)c3)cc12. The number of benzene rings is 2. The highest BCUT2D eigenvalue weighted by Crippen LogP contribution is 2.46. The average Bonchev–Trinajstić information content (AvgIpc) is 3.36. The second kappa shape index (κ2) is 11.6. The minimum absolute atomic E-state index is 0.0467. The molecule has 7 rings (SSSR count). The van der Waals surface area contributed by atoms with Crippen molar-refractivity contribution in [2.24, 2.45) is 11.8 Å². The Labute approximate surface area is 251 Å². The zero-order chi connectivity index (χ0) is 31.2. The second-order valence-corrected chi connectivity index (χ2v) is 11.5. The number of nitrogens with zero attached hydrogens (tertiary/aromatic N) is 1. The largest absolute Gasteiger partial charge is 0.480 e. The summed E-state index contributed by atoms with van der Waals surface area (Å²) in [7, 11) is 2.84. The number of aryl methyl sites for hydroxylation is 1. The van der Waals surface area contributed by atoms with Gasteiger partial charge in [-0.1, -0.05) is 0 Å². The van der Waals surface area contributed by atoms with Crippen LogP contribution in [0.15, 0.2) is 53.1 Å². The maximum Gasteiger partial charge on any atom is 0.389 e. The number of amides is 2. The maximum atomic E-state index is 13.7. The first-order valence-electron chi connectivity index (χ1n) is 14.5. The number of rotatable bonds is 8. The summed E-state index contributed by atoms with van der Waals surface area (Å²) in [5.74, 6) is 0.0967. The third kappa shape index (κ3) is 5.75. The molecule has 3 aliphatic rings. The molecule has 0 aliphatic heterocycles. The molecule has 2 aromatic carbocycles. The fourth-order valence-electron chi connectivity index (χ4n) is 6.46. The highest BCUT2D eigenvalue weighted by molar-refractivity contribution is 6.12. The van der Waals surface area contributed by atoms with E-state index in [1.165, 1.54) is 50.7 Å². The van der Waals surface area contributed by atoms with E-state index in [4.69, 9.17) is 9.15 Å². The summed E-state index contributed by atoms with van der Waals surface area (Å²) in [6.07, 6.45) is -0.305. The number of carbonyl (C=O) groups excluding carboxylic acids is 2. The molecule has 44 heavy (non-hydrogen) atoms. The first-order chi connectivity index (χ1) is 21.0. The molecule has 0 unspecified atom stereocenters. The van der Waals surface area contributed by atoms with Gasteiger partial charge in [-0.15, -0.1) is 0 Å². The molecule has 2 aromatic heterocycles. The molecule has 2 bridgehead atoms. The number of nitrogens with one attached hydrogen (secondary N) is 2. The number of methoxy groups -OCH3 is 1. The van der Waals surface area contributed by atoms with Crippen molar-refractivity contribution in [3.8, 4) is 28.3 Å². The lowest BCUT2D eigenvalue weighted by Crippen LogP contribution is -2.49. The lowest BCUT2D eigenvalue weighted by Gasteiger charge is -2.46. The van der Waals surface area contributed by atoms with Crippen LogP contribution in [0, 0.1) is 17.7 Å². The van der Waals surface area contributed by atoms with E-state index in [1.807, 2.05) is 0 Å². The van der Waals surface area contributed by atoms with Gasteiger partial charge in [-0.2, -0.15) is 13.2 Å². The number of carbonyl (C=O) groups is 2. The molecule has 1 atom stereocenters. The van der Waals surface area contributed by atoms with Crippen LogP contribution < -0.4 is 15.4 Å². The van der Waals surface area contributed by atoms with E-state index in [9.17, 15) is 27.2 Å². The van der Waals surface area contributed by atoms with E-state index in [-0.39, 0.29) is 46.7 Å². The Morgan fingerprint density at radius 2 is 1.80 bits per heavy atom. The van der Waals surface area contributed by atoms with E-state index in [1.54, 1.807) is 12.1 Å². The molecule has 2 heterocycles. The van der Waals surface area contributed by atoms with Gasteiger partial charge in [0.15, 0.2) is 0 Å². The Morgan fingerprint density at radius 3 is 2.43 bits per heavy atom. The standard InChI is InChI=1S/C33H31F4N3O4/c1-38-31(42)28-24-15-23(19(9-10-33(35,36)37)14-27(24)44-29(28)18-4-6-22(34)7-5-18)21-13-25(32(43-2)39-16-21)30(41)40-26-8-3-17-11-20(26)12-17/h4-7,13-17,20,26H,3,8-12H2,1-2H3,(H,38,42)(H,40,41)/t17?,20?,26-/m0/s1. The minimum Gasteiger partial charge on any atom is -0.480 e. The van der Waals surface area contributed by atoms with Crippen LogP contribution in [-0.4, -0.2) is 43.2 Å². The van der Waals surface area contributed by atoms with Gasteiger partial charge in [0.1, 0.15) is 22.7 Å². The van der Waals surface area contributed by atoms with Gasteiger partial charge in [-0.05, 0) is 97.5 Å². The smallest absolute Gasteiger partial charge is 0.389 e. The Kier molecular flexibility index (Phi) is 7.81. The molecular weight excluding hydrogens is 578 g/mol. The van der Waals surface area contributed by atoms with Crippen molar-refractivity contribution >= 4 is 22.8 Å². The van der Waals surface area contributed by atoms with E-state index in [2.05, 4.69) is 15.6 Å². The number of alkyl halides is 3. The summed E-state index contributed by atoms with van der Waals surface area (Å²) in [5.41, 5.74) is 1.97. The molecule has 0 radical (unpaired) electrons. The van der Waals surface area contributed by atoms with Crippen LogP contribution in [0.25, 0.3) is 33.4 Å². The van der Waals surface area contributed by atoms with Crippen LogP contribution >= 0.6 is 0 Å². The summed E-state index contributed by atoms with van der Waals surface area (Å²) in [6.45, 7) is 0. The molecule has 230 valence electrons. The normalized spacial score (nSPS) is 19.4. The average molecular weight is 610 g/mol. The third-order valence-corrected chi connectivity index (χ3v) is 8.80.